The van der Waals surface area contributed by atoms with Crippen LogP contribution in [-0.2, 0) is 4.79 Å². The molecule has 0 bridgehead atoms. The van der Waals surface area contributed by atoms with Crippen LogP contribution in [0.3, 0.4) is 0 Å². The molecule has 3 heteroatoms. The third kappa shape index (κ3) is 2.97. The second kappa shape index (κ2) is 7.12. The summed E-state index contributed by atoms with van der Waals surface area (Å²) in [5, 5.41) is 3.50. The lowest BCUT2D eigenvalue weighted by Crippen LogP contribution is -2.28. The van der Waals surface area contributed by atoms with Crippen molar-refractivity contribution in [1.82, 2.24) is 0 Å². The second-order valence-electron chi connectivity index (χ2n) is 5.13. The number of carbonyl (C=O) groups excluding carboxylic acids is 1. The Kier molecular flexibility index (Phi) is 4.95. The van der Waals surface area contributed by atoms with Gasteiger partial charge in [-0.3, -0.25) is 4.79 Å². The predicted octanol–water partition coefficient (Wildman–Crippen LogP) is 3.74. The third-order valence-electron chi connectivity index (χ3n) is 3.84. The Hall–Kier alpha value is -1.89. The zero-order valence-corrected chi connectivity index (χ0v) is 15.0. The number of carbonyl (C=O) groups is 1. The van der Waals surface area contributed by atoms with Crippen molar-refractivity contribution < 1.29 is 4.79 Å². The molecule has 0 aliphatic carbocycles. The van der Waals surface area contributed by atoms with Crippen molar-refractivity contribution in [3.63, 3.8) is 0 Å². The molecule has 3 rings (SSSR count). The number of hydrogen-bond donors (Lipinski definition) is 0. The number of rotatable bonds is 4. The predicted molar refractivity (Wildman–Crippen MR) is 105 cm³/mol. The topological polar surface area (TPSA) is 17.1 Å². The Morgan fingerprint density at radius 2 is 1.17 bits per heavy atom. The first-order valence-corrected chi connectivity index (χ1v) is 9.99. The van der Waals surface area contributed by atoms with E-state index in [0.717, 1.165) is 16.1 Å². The van der Waals surface area contributed by atoms with Crippen LogP contribution >= 0.6 is 22.8 Å². The number of hydrogen-bond acceptors (Lipinski definition) is 1. The molecule has 23 heavy (non-hydrogen) atoms. The standard InChI is InChI=1S/C20H16BrOP/c21-19-13-7-8-14-20(19)23(16-15-22,17-9-3-1-4-10-17)18-11-5-2-6-12-18/h1-16H. The molecule has 0 atom stereocenters. The Balaban J connectivity index is 2.45. The first kappa shape index (κ1) is 16.0. The molecule has 3 aromatic carbocycles. The Bertz CT molecular complexity index is 814. The lowest BCUT2D eigenvalue weighted by atomic mass is 10.4. The van der Waals surface area contributed by atoms with E-state index in [1.54, 1.807) is 0 Å². The first-order valence-electron chi connectivity index (χ1n) is 7.34. The zero-order chi connectivity index (χ0) is 16.1. The summed E-state index contributed by atoms with van der Waals surface area (Å²) in [6.07, 6.45) is 0.938. The fraction of sp³-hybridized carbons (Fsp3) is 0. The maximum absolute atomic E-state index is 11.6. The van der Waals surface area contributed by atoms with Crippen molar-refractivity contribution in [2.24, 2.45) is 0 Å². The SMILES string of the molecule is O=CC=P(c1ccccc1)(c1ccccc1)c1ccccc1Br. The molecule has 0 heterocycles. The van der Waals surface area contributed by atoms with Crippen molar-refractivity contribution in [1.29, 1.82) is 0 Å². The zero-order valence-electron chi connectivity index (χ0n) is 12.5. The van der Waals surface area contributed by atoms with Crippen LogP contribution in [0.15, 0.2) is 89.4 Å². The summed E-state index contributed by atoms with van der Waals surface area (Å²) in [7, 11) is 0. The summed E-state index contributed by atoms with van der Waals surface area (Å²) < 4.78 is 1.03. The van der Waals surface area contributed by atoms with Gasteiger partial charge in [-0.1, -0.05) is 94.8 Å². The summed E-state index contributed by atoms with van der Waals surface area (Å²) in [5.74, 6) is 1.84. The lowest BCUT2D eigenvalue weighted by Gasteiger charge is -2.28. The Labute approximate surface area is 145 Å². The maximum atomic E-state index is 11.6. The summed E-state index contributed by atoms with van der Waals surface area (Å²) in [4.78, 5) is 11.6. The van der Waals surface area contributed by atoms with E-state index in [2.05, 4.69) is 46.3 Å². The van der Waals surface area contributed by atoms with Gasteiger partial charge >= 0.3 is 0 Å². The highest BCUT2D eigenvalue weighted by Gasteiger charge is 2.26. The van der Waals surface area contributed by atoms with Crippen LogP contribution in [-0.4, -0.2) is 12.1 Å². The van der Waals surface area contributed by atoms with Gasteiger partial charge in [0.2, 0.25) is 0 Å². The number of halogens is 1. The maximum Gasteiger partial charge on any atom is 0.143 e. The third-order valence-corrected chi connectivity index (χ3v) is 8.79. The van der Waals surface area contributed by atoms with Crippen molar-refractivity contribution >= 4 is 50.8 Å². The van der Waals surface area contributed by atoms with E-state index < -0.39 is 6.89 Å². The molecule has 3 aromatic rings. The minimum Gasteiger partial charge on any atom is -0.298 e. The van der Waals surface area contributed by atoms with Crippen molar-refractivity contribution in [2.45, 2.75) is 0 Å². The van der Waals surface area contributed by atoms with Crippen LogP contribution in [0, 0.1) is 0 Å². The van der Waals surface area contributed by atoms with Gasteiger partial charge in [0.1, 0.15) is 6.29 Å². The van der Waals surface area contributed by atoms with Crippen LogP contribution in [0.5, 0.6) is 0 Å². The smallest absolute Gasteiger partial charge is 0.143 e. The van der Waals surface area contributed by atoms with Gasteiger partial charge in [-0.05, 0) is 34.7 Å². The van der Waals surface area contributed by atoms with Gasteiger partial charge in [0, 0.05) is 4.47 Å². The average molecular weight is 383 g/mol. The fourth-order valence-electron chi connectivity index (χ4n) is 2.83. The van der Waals surface area contributed by atoms with E-state index in [1.165, 1.54) is 10.6 Å². The van der Waals surface area contributed by atoms with Gasteiger partial charge in [0.05, 0.1) is 0 Å². The molecule has 0 radical (unpaired) electrons. The van der Waals surface area contributed by atoms with Crippen LogP contribution in [0.25, 0.3) is 0 Å². The van der Waals surface area contributed by atoms with Crippen LogP contribution in [0.1, 0.15) is 0 Å². The van der Waals surface area contributed by atoms with Crippen LogP contribution in [0.2, 0.25) is 0 Å². The molecule has 0 amide bonds. The largest absolute Gasteiger partial charge is 0.298 e. The van der Waals surface area contributed by atoms with Gasteiger partial charge < -0.3 is 0 Å². The summed E-state index contributed by atoms with van der Waals surface area (Å²) in [6.45, 7) is -2.13. The van der Waals surface area contributed by atoms with Gasteiger partial charge in [-0.15, -0.1) is 0 Å². The highest BCUT2D eigenvalue weighted by molar-refractivity contribution is 9.10. The lowest BCUT2D eigenvalue weighted by molar-refractivity contribution is -0.102. The molecule has 0 aliphatic rings. The normalized spacial score (nSPS) is 11.0. The first-order chi connectivity index (χ1) is 11.3. The quantitative estimate of drug-likeness (QED) is 0.496. The van der Waals surface area contributed by atoms with E-state index in [-0.39, 0.29) is 0 Å². The molecule has 0 unspecified atom stereocenters. The van der Waals surface area contributed by atoms with Gasteiger partial charge in [-0.25, -0.2) is 0 Å². The van der Waals surface area contributed by atoms with Crippen molar-refractivity contribution in [2.75, 3.05) is 0 Å². The van der Waals surface area contributed by atoms with Crippen molar-refractivity contribution in [3.05, 3.63) is 89.4 Å². The minimum atomic E-state index is -2.13. The van der Waals surface area contributed by atoms with E-state index >= 15 is 0 Å². The molecule has 0 saturated carbocycles. The van der Waals surface area contributed by atoms with E-state index in [1.807, 2.05) is 60.4 Å². The molecule has 0 N–H and O–H groups in total. The molecule has 114 valence electrons. The molecule has 0 spiro atoms. The van der Waals surface area contributed by atoms with Gasteiger partial charge in [0.25, 0.3) is 0 Å². The van der Waals surface area contributed by atoms with Gasteiger partial charge in [-0.2, -0.15) is 0 Å². The van der Waals surface area contributed by atoms with Crippen molar-refractivity contribution in [3.8, 4) is 0 Å². The van der Waals surface area contributed by atoms with Crippen LogP contribution in [0.4, 0.5) is 0 Å². The number of benzene rings is 3. The summed E-state index contributed by atoms with van der Waals surface area (Å²) >= 11 is 3.69. The molecule has 0 saturated heterocycles. The summed E-state index contributed by atoms with van der Waals surface area (Å²) in [6, 6.07) is 28.7. The average Bonchev–Trinajstić information content (AvgIpc) is 2.62. The van der Waals surface area contributed by atoms with E-state index in [9.17, 15) is 4.79 Å². The molecular weight excluding hydrogens is 367 g/mol. The fourth-order valence-corrected chi connectivity index (χ4v) is 7.52. The molecule has 1 nitrogen and oxygen atoms in total. The monoisotopic (exact) mass is 382 g/mol. The number of aldehydes is 1. The Morgan fingerprint density at radius 3 is 1.65 bits per heavy atom. The molecular formula is C20H16BrOP. The highest BCUT2D eigenvalue weighted by Crippen LogP contribution is 2.45. The van der Waals surface area contributed by atoms with E-state index in [0.29, 0.717) is 0 Å². The summed E-state index contributed by atoms with van der Waals surface area (Å²) in [5.41, 5.74) is 0. The van der Waals surface area contributed by atoms with Gasteiger partial charge in [0.15, 0.2) is 0 Å². The Morgan fingerprint density at radius 1 is 0.696 bits per heavy atom. The molecule has 0 aromatic heterocycles. The molecule has 0 aliphatic heterocycles. The minimum absolute atomic E-state index is 0.938. The van der Waals surface area contributed by atoms with Crippen LogP contribution < -0.4 is 15.9 Å². The van der Waals surface area contributed by atoms with E-state index in [4.69, 9.17) is 0 Å². The highest BCUT2D eigenvalue weighted by atomic mass is 79.9. The second-order valence-corrected chi connectivity index (χ2v) is 9.24. The molecule has 0 fully saturated rings.